The summed E-state index contributed by atoms with van der Waals surface area (Å²) in [5.41, 5.74) is 8.51. The van der Waals surface area contributed by atoms with Crippen molar-refractivity contribution in [2.45, 2.75) is 6.18 Å². The molecule has 0 aliphatic rings. The minimum Gasteiger partial charge on any atom is -0.256 e. The number of benzene rings is 6. The molecule has 0 fully saturated rings. The van der Waals surface area contributed by atoms with Crippen molar-refractivity contribution < 1.29 is 13.2 Å². The Kier molecular flexibility index (Phi) is 6.50. The van der Waals surface area contributed by atoms with E-state index in [1.54, 1.807) is 0 Å². The predicted octanol–water partition coefficient (Wildman–Crippen LogP) is 12.3. The Labute approximate surface area is 261 Å². The Morgan fingerprint density at radius 2 is 1.07 bits per heavy atom. The van der Waals surface area contributed by atoms with Gasteiger partial charge in [0.05, 0.1) is 11.1 Å². The summed E-state index contributed by atoms with van der Waals surface area (Å²) in [4.78, 5) is 4.79. The molecule has 6 aromatic carbocycles. The molecule has 2 aromatic heterocycles. The Balaban J connectivity index is 1.04. The number of nitrogens with zero attached hydrogens (tertiary/aromatic N) is 1. The fourth-order valence-electron chi connectivity index (χ4n) is 5.98. The summed E-state index contributed by atoms with van der Waals surface area (Å²) >= 11 is 1.84. The lowest BCUT2D eigenvalue weighted by molar-refractivity contribution is -0.137. The fourth-order valence-corrected chi connectivity index (χ4v) is 7.22. The fraction of sp³-hybridized carbons (Fsp3) is 0.0250. The lowest BCUT2D eigenvalue weighted by Crippen LogP contribution is -2.03. The van der Waals surface area contributed by atoms with Crippen LogP contribution in [0.15, 0.2) is 146 Å². The summed E-state index contributed by atoms with van der Waals surface area (Å²) in [7, 11) is 0. The minimum atomic E-state index is -4.34. The molecule has 1 nitrogen and oxygen atoms in total. The number of thiophene rings is 1. The number of hydrogen-bond donors (Lipinski definition) is 0. The van der Waals surface area contributed by atoms with Crippen LogP contribution < -0.4 is 0 Å². The molecule has 0 spiro atoms. The van der Waals surface area contributed by atoms with Crippen LogP contribution in [0.4, 0.5) is 13.2 Å². The van der Waals surface area contributed by atoms with Crippen molar-refractivity contribution in [3.8, 4) is 44.5 Å². The topological polar surface area (TPSA) is 12.9 Å². The third-order valence-electron chi connectivity index (χ3n) is 8.38. The second-order valence-corrected chi connectivity index (χ2v) is 12.2. The Morgan fingerprint density at radius 1 is 0.489 bits per heavy atom. The number of halogens is 3. The molecule has 0 aliphatic heterocycles. The number of fused-ring (bicyclic) bond motifs is 4. The maximum atomic E-state index is 12.9. The standard InChI is InChI=1S/C40H24F3NS/c41-40(42,43)33-20-18-26(19-21-33)25-8-10-27(11-9-25)30-16-17-31-22-32(24-44-37(31)23-30)28-12-14-29(15-13-28)34-5-3-6-36-35-4-1-2-7-38(35)45-39(34)36/h1-24H. The maximum Gasteiger partial charge on any atom is 0.416 e. The van der Waals surface area contributed by atoms with Gasteiger partial charge < -0.3 is 0 Å². The van der Waals surface area contributed by atoms with Gasteiger partial charge in [0.15, 0.2) is 0 Å². The van der Waals surface area contributed by atoms with E-state index in [0.717, 1.165) is 56.4 Å². The molecule has 0 bridgehead atoms. The molecular weight excluding hydrogens is 584 g/mol. The molecule has 0 saturated heterocycles. The van der Waals surface area contributed by atoms with Gasteiger partial charge >= 0.3 is 6.18 Å². The van der Waals surface area contributed by atoms with Crippen molar-refractivity contribution in [1.82, 2.24) is 4.98 Å². The van der Waals surface area contributed by atoms with E-state index in [0.29, 0.717) is 0 Å². The summed E-state index contributed by atoms with van der Waals surface area (Å²) in [5.74, 6) is 0. The first-order chi connectivity index (χ1) is 21.9. The van der Waals surface area contributed by atoms with Gasteiger partial charge in [-0.15, -0.1) is 11.3 Å². The van der Waals surface area contributed by atoms with Gasteiger partial charge in [-0.3, -0.25) is 4.98 Å². The molecule has 0 amide bonds. The Morgan fingerprint density at radius 3 is 1.78 bits per heavy atom. The molecule has 5 heteroatoms. The van der Waals surface area contributed by atoms with Crippen molar-refractivity contribution in [1.29, 1.82) is 0 Å². The van der Waals surface area contributed by atoms with Crippen LogP contribution in [0.1, 0.15) is 5.56 Å². The second-order valence-electron chi connectivity index (χ2n) is 11.1. The van der Waals surface area contributed by atoms with Gasteiger partial charge in [0.25, 0.3) is 0 Å². The van der Waals surface area contributed by atoms with Crippen molar-refractivity contribution in [2.24, 2.45) is 0 Å². The number of aromatic nitrogens is 1. The quantitative estimate of drug-likeness (QED) is 0.194. The van der Waals surface area contributed by atoms with Crippen LogP contribution in [0.25, 0.3) is 75.6 Å². The van der Waals surface area contributed by atoms with Gasteiger partial charge in [-0.2, -0.15) is 13.2 Å². The molecule has 0 N–H and O–H groups in total. The van der Waals surface area contributed by atoms with Gasteiger partial charge in [-0.05, 0) is 69.3 Å². The van der Waals surface area contributed by atoms with E-state index in [1.165, 1.54) is 43.4 Å². The first kappa shape index (κ1) is 27.3. The van der Waals surface area contributed by atoms with E-state index in [2.05, 4.69) is 91.0 Å². The molecule has 45 heavy (non-hydrogen) atoms. The van der Waals surface area contributed by atoms with Crippen LogP contribution in [-0.2, 0) is 6.18 Å². The molecular formula is C40H24F3NS. The van der Waals surface area contributed by atoms with Gasteiger partial charge in [0.2, 0.25) is 0 Å². The summed E-state index contributed by atoms with van der Waals surface area (Å²) in [6.07, 6.45) is -2.42. The van der Waals surface area contributed by atoms with E-state index in [1.807, 2.05) is 41.8 Å². The normalized spacial score (nSPS) is 11.9. The SMILES string of the molecule is FC(F)(F)c1ccc(-c2ccc(-c3ccc4cc(-c5ccc(-c6cccc7c6sc6ccccc67)cc5)cnc4c3)cc2)cc1. The molecule has 0 atom stereocenters. The summed E-state index contributed by atoms with van der Waals surface area (Å²) in [6.45, 7) is 0. The summed E-state index contributed by atoms with van der Waals surface area (Å²) in [5, 5.41) is 3.65. The van der Waals surface area contributed by atoms with E-state index >= 15 is 0 Å². The molecule has 0 unspecified atom stereocenters. The zero-order chi connectivity index (χ0) is 30.5. The Bertz CT molecular complexity index is 2330. The third-order valence-corrected chi connectivity index (χ3v) is 9.60. The molecule has 8 rings (SSSR count). The average Bonchev–Trinajstić information content (AvgIpc) is 3.47. The van der Waals surface area contributed by atoms with Gasteiger partial charge in [-0.25, -0.2) is 0 Å². The number of hydrogen-bond acceptors (Lipinski definition) is 2. The van der Waals surface area contributed by atoms with Crippen LogP contribution in [0.5, 0.6) is 0 Å². The zero-order valence-electron chi connectivity index (χ0n) is 23.8. The van der Waals surface area contributed by atoms with Gasteiger partial charge in [0.1, 0.15) is 0 Å². The highest BCUT2D eigenvalue weighted by atomic mass is 32.1. The zero-order valence-corrected chi connectivity index (χ0v) is 24.7. The van der Waals surface area contributed by atoms with E-state index < -0.39 is 11.7 Å². The molecule has 8 aromatic rings. The molecule has 216 valence electrons. The van der Waals surface area contributed by atoms with Crippen LogP contribution in [0.3, 0.4) is 0 Å². The van der Waals surface area contributed by atoms with Gasteiger partial charge in [0, 0.05) is 37.3 Å². The highest BCUT2D eigenvalue weighted by Gasteiger charge is 2.30. The van der Waals surface area contributed by atoms with Crippen LogP contribution in [-0.4, -0.2) is 4.98 Å². The third kappa shape index (κ3) is 5.05. The van der Waals surface area contributed by atoms with Crippen molar-refractivity contribution >= 4 is 42.4 Å². The Hall–Kier alpha value is -5.26. The van der Waals surface area contributed by atoms with Crippen LogP contribution >= 0.6 is 11.3 Å². The van der Waals surface area contributed by atoms with E-state index in [9.17, 15) is 13.2 Å². The molecule has 0 saturated carbocycles. The smallest absolute Gasteiger partial charge is 0.256 e. The molecule has 0 radical (unpaired) electrons. The lowest BCUT2D eigenvalue weighted by atomic mass is 9.97. The number of alkyl halides is 3. The van der Waals surface area contributed by atoms with Gasteiger partial charge in [-0.1, -0.05) is 109 Å². The maximum absolute atomic E-state index is 12.9. The molecule has 2 heterocycles. The second kappa shape index (κ2) is 10.7. The predicted molar refractivity (Wildman–Crippen MR) is 181 cm³/mol. The van der Waals surface area contributed by atoms with Crippen molar-refractivity contribution in [3.05, 3.63) is 151 Å². The van der Waals surface area contributed by atoms with E-state index in [4.69, 9.17) is 4.98 Å². The highest BCUT2D eigenvalue weighted by molar-refractivity contribution is 7.26. The van der Waals surface area contributed by atoms with E-state index in [-0.39, 0.29) is 0 Å². The van der Waals surface area contributed by atoms with Crippen molar-refractivity contribution in [2.75, 3.05) is 0 Å². The lowest BCUT2D eigenvalue weighted by Gasteiger charge is -2.09. The summed E-state index contributed by atoms with van der Waals surface area (Å²) < 4.78 is 41.4. The first-order valence-corrected chi connectivity index (χ1v) is 15.4. The average molecular weight is 608 g/mol. The van der Waals surface area contributed by atoms with Crippen LogP contribution in [0, 0.1) is 0 Å². The number of rotatable bonds is 4. The minimum absolute atomic E-state index is 0.646. The highest BCUT2D eigenvalue weighted by Crippen LogP contribution is 2.40. The summed E-state index contributed by atoms with van der Waals surface area (Å²) in [6, 6.07) is 45.3. The first-order valence-electron chi connectivity index (χ1n) is 14.6. The van der Waals surface area contributed by atoms with Crippen LogP contribution in [0.2, 0.25) is 0 Å². The number of pyridine rings is 1. The largest absolute Gasteiger partial charge is 0.416 e. The van der Waals surface area contributed by atoms with Crippen molar-refractivity contribution in [3.63, 3.8) is 0 Å². The monoisotopic (exact) mass is 607 g/mol. The molecule has 0 aliphatic carbocycles.